The van der Waals surface area contributed by atoms with Crippen molar-refractivity contribution in [3.05, 3.63) is 0 Å². The van der Waals surface area contributed by atoms with Crippen LogP contribution < -0.4 is 10.6 Å². The zero-order chi connectivity index (χ0) is 10.4. The van der Waals surface area contributed by atoms with Crippen molar-refractivity contribution in [1.82, 2.24) is 10.6 Å². The van der Waals surface area contributed by atoms with Crippen molar-refractivity contribution in [1.29, 1.82) is 0 Å². The summed E-state index contributed by atoms with van der Waals surface area (Å²) in [6, 6.07) is 0. The van der Waals surface area contributed by atoms with E-state index < -0.39 is 13.0 Å². The number of halogens is 3. The Morgan fingerprint density at radius 1 is 1.50 bits per heavy atom. The highest BCUT2D eigenvalue weighted by Gasteiger charge is 2.28. The standard InChI is InChI=1S/C7H12F3N3O/c8-7(9,10)14-5-4-13-6-11-2-1-3-12-6/h1-5H2,(H2,11,12,13). The van der Waals surface area contributed by atoms with E-state index in [4.69, 9.17) is 0 Å². The van der Waals surface area contributed by atoms with E-state index in [1.807, 2.05) is 0 Å². The van der Waals surface area contributed by atoms with E-state index in [0.29, 0.717) is 12.5 Å². The van der Waals surface area contributed by atoms with Crippen LogP contribution in [0, 0.1) is 0 Å². The van der Waals surface area contributed by atoms with E-state index in [0.717, 1.165) is 13.0 Å². The van der Waals surface area contributed by atoms with Gasteiger partial charge in [0.15, 0.2) is 5.96 Å². The lowest BCUT2D eigenvalue weighted by atomic mass is 10.4. The predicted molar refractivity (Wildman–Crippen MR) is 44.9 cm³/mol. The molecule has 7 heteroatoms. The maximum atomic E-state index is 11.5. The number of hydrogen-bond donors (Lipinski definition) is 2. The summed E-state index contributed by atoms with van der Waals surface area (Å²) in [5.74, 6) is 0.544. The molecule has 1 aliphatic heterocycles. The minimum atomic E-state index is -4.55. The SMILES string of the molecule is FC(F)(F)OCCNC1=NCCCN1. The minimum Gasteiger partial charge on any atom is -0.356 e. The van der Waals surface area contributed by atoms with E-state index >= 15 is 0 Å². The second-order valence-corrected chi connectivity index (χ2v) is 2.73. The molecule has 2 N–H and O–H groups in total. The Morgan fingerprint density at radius 2 is 2.29 bits per heavy atom. The molecule has 0 aromatic carbocycles. The second kappa shape index (κ2) is 5.04. The summed E-state index contributed by atoms with van der Waals surface area (Å²) in [5.41, 5.74) is 0. The number of aliphatic imine (C=N–C) groups is 1. The lowest BCUT2D eigenvalue weighted by Gasteiger charge is -2.16. The Bertz CT molecular complexity index is 205. The van der Waals surface area contributed by atoms with Crippen molar-refractivity contribution in [2.24, 2.45) is 4.99 Å². The summed E-state index contributed by atoms with van der Waals surface area (Å²) >= 11 is 0. The highest BCUT2D eigenvalue weighted by atomic mass is 19.4. The van der Waals surface area contributed by atoms with Crippen LogP contribution in [0.1, 0.15) is 6.42 Å². The quantitative estimate of drug-likeness (QED) is 0.667. The zero-order valence-electron chi connectivity index (χ0n) is 7.52. The molecule has 0 saturated carbocycles. The number of guanidine groups is 1. The van der Waals surface area contributed by atoms with Gasteiger partial charge in [0, 0.05) is 19.6 Å². The Kier molecular flexibility index (Phi) is 3.99. The third-order valence-corrected chi connectivity index (χ3v) is 1.56. The third-order valence-electron chi connectivity index (χ3n) is 1.56. The fourth-order valence-electron chi connectivity index (χ4n) is 0.987. The van der Waals surface area contributed by atoms with E-state index in [1.54, 1.807) is 0 Å². The highest BCUT2D eigenvalue weighted by Crippen LogP contribution is 2.14. The Balaban J connectivity index is 2.06. The predicted octanol–water partition coefficient (Wildman–Crippen LogP) is 0.462. The van der Waals surface area contributed by atoms with Crippen LogP contribution in [0.5, 0.6) is 0 Å². The molecule has 1 aliphatic rings. The summed E-state index contributed by atoms with van der Waals surface area (Å²) in [4.78, 5) is 4.02. The molecule has 0 spiro atoms. The molecule has 0 aromatic rings. The topological polar surface area (TPSA) is 45.6 Å². The van der Waals surface area contributed by atoms with Gasteiger partial charge in [0.2, 0.25) is 0 Å². The smallest absolute Gasteiger partial charge is 0.356 e. The summed E-state index contributed by atoms with van der Waals surface area (Å²) in [7, 11) is 0. The van der Waals surface area contributed by atoms with Crippen LogP contribution >= 0.6 is 0 Å². The number of nitrogens with one attached hydrogen (secondary N) is 2. The van der Waals surface area contributed by atoms with Gasteiger partial charge >= 0.3 is 6.36 Å². The van der Waals surface area contributed by atoms with Gasteiger partial charge in [-0.05, 0) is 6.42 Å². The van der Waals surface area contributed by atoms with Crippen LogP contribution in [0.4, 0.5) is 13.2 Å². The van der Waals surface area contributed by atoms with Gasteiger partial charge in [-0.15, -0.1) is 13.2 Å². The van der Waals surface area contributed by atoms with Crippen molar-refractivity contribution >= 4 is 5.96 Å². The molecule has 0 bridgehead atoms. The number of rotatable bonds is 3. The van der Waals surface area contributed by atoms with Crippen molar-refractivity contribution in [2.75, 3.05) is 26.2 Å². The third kappa shape index (κ3) is 4.90. The molecule has 82 valence electrons. The van der Waals surface area contributed by atoms with Gasteiger partial charge in [0.1, 0.15) is 0 Å². The Hall–Kier alpha value is -0.980. The monoisotopic (exact) mass is 211 g/mol. The Labute approximate surface area is 79.5 Å². The summed E-state index contributed by atoms with van der Waals surface area (Å²) < 4.78 is 38.2. The van der Waals surface area contributed by atoms with Crippen LogP contribution in [0.3, 0.4) is 0 Å². The first-order valence-electron chi connectivity index (χ1n) is 4.31. The number of alkyl halides is 3. The molecule has 14 heavy (non-hydrogen) atoms. The van der Waals surface area contributed by atoms with Gasteiger partial charge in [0.05, 0.1) is 6.61 Å². The summed E-state index contributed by atoms with van der Waals surface area (Å²) in [6.45, 7) is 1.18. The molecule has 4 nitrogen and oxygen atoms in total. The van der Waals surface area contributed by atoms with Crippen molar-refractivity contribution in [2.45, 2.75) is 12.8 Å². The van der Waals surface area contributed by atoms with E-state index in [2.05, 4.69) is 20.4 Å². The molecule has 0 atom stereocenters. The van der Waals surface area contributed by atoms with Crippen LogP contribution in [-0.2, 0) is 4.74 Å². The van der Waals surface area contributed by atoms with Gasteiger partial charge in [-0.2, -0.15) is 0 Å². The van der Waals surface area contributed by atoms with E-state index in [-0.39, 0.29) is 6.54 Å². The fourth-order valence-corrected chi connectivity index (χ4v) is 0.987. The summed E-state index contributed by atoms with van der Waals surface area (Å²) in [6.07, 6.45) is -3.60. The normalized spacial score (nSPS) is 17.2. The largest absolute Gasteiger partial charge is 0.522 e. The number of ether oxygens (including phenoxy) is 1. The average molecular weight is 211 g/mol. The van der Waals surface area contributed by atoms with Gasteiger partial charge in [-0.3, -0.25) is 9.73 Å². The highest BCUT2D eigenvalue weighted by molar-refractivity contribution is 5.80. The molecule has 0 fully saturated rings. The lowest BCUT2D eigenvalue weighted by Crippen LogP contribution is -2.42. The Morgan fingerprint density at radius 3 is 2.86 bits per heavy atom. The van der Waals surface area contributed by atoms with Gasteiger partial charge in [-0.25, -0.2) is 0 Å². The molecule has 0 amide bonds. The molecule has 1 heterocycles. The fraction of sp³-hybridized carbons (Fsp3) is 0.857. The molecule has 0 unspecified atom stereocenters. The zero-order valence-corrected chi connectivity index (χ0v) is 7.52. The first kappa shape index (κ1) is 11.1. The second-order valence-electron chi connectivity index (χ2n) is 2.73. The number of nitrogens with zero attached hydrogens (tertiary/aromatic N) is 1. The maximum absolute atomic E-state index is 11.5. The van der Waals surface area contributed by atoms with E-state index in [1.165, 1.54) is 0 Å². The van der Waals surface area contributed by atoms with Gasteiger partial charge < -0.3 is 10.6 Å². The average Bonchev–Trinajstić information content (AvgIpc) is 2.13. The van der Waals surface area contributed by atoms with Crippen molar-refractivity contribution < 1.29 is 17.9 Å². The van der Waals surface area contributed by atoms with Crippen molar-refractivity contribution in [3.63, 3.8) is 0 Å². The first-order chi connectivity index (χ1) is 6.58. The van der Waals surface area contributed by atoms with Gasteiger partial charge in [0.25, 0.3) is 0 Å². The minimum absolute atomic E-state index is 0.0886. The molecule has 0 aromatic heterocycles. The molecule has 0 aliphatic carbocycles. The van der Waals surface area contributed by atoms with Gasteiger partial charge in [-0.1, -0.05) is 0 Å². The lowest BCUT2D eigenvalue weighted by molar-refractivity contribution is -0.323. The number of hydrogen-bond acceptors (Lipinski definition) is 4. The van der Waals surface area contributed by atoms with Crippen molar-refractivity contribution in [3.8, 4) is 0 Å². The summed E-state index contributed by atoms with van der Waals surface area (Å²) in [5, 5.41) is 5.63. The first-order valence-corrected chi connectivity index (χ1v) is 4.31. The van der Waals surface area contributed by atoms with Crippen LogP contribution in [0.25, 0.3) is 0 Å². The van der Waals surface area contributed by atoms with E-state index in [9.17, 15) is 13.2 Å². The van der Waals surface area contributed by atoms with Crippen LogP contribution in [0.15, 0.2) is 4.99 Å². The molecule has 1 rings (SSSR count). The molecular formula is C7H12F3N3O. The molecule has 0 saturated heterocycles. The van der Waals surface area contributed by atoms with Crippen LogP contribution in [0.2, 0.25) is 0 Å². The molecule has 0 radical (unpaired) electrons. The maximum Gasteiger partial charge on any atom is 0.522 e. The molecular weight excluding hydrogens is 199 g/mol. The van der Waals surface area contributed by atoms with Crippen LogP contribution in [-0.4, -0.2) is 38.6 Å².